The molecule has 4 rings (SSSR count). The fourth-order valence-corrected chi connectivity index (χ4v) is 7.66. The van der Waals surface area contributed by atoms with E-state index in [-0.39, 0.29) is 42.2 Å². The van der Waals surface area contributed by atoms with Crippen molar-refractivity contribution in [3.8, 4) is 17.6 Å². The number of aryl methyl sites for hydroxylation is 1. The maximum Gasteiger partial charge on any atom is 0.310 e. The van der Waals surface area contributed by atoms with Crippen molar-refractivity contribution in [3.05, 3.63) is 41.5 Å². The van der Waals surface area contributed by atoms with Crippen molar-refractivity contribution >= 4 is 30.5 Å². The molecule has 0 saturated heterocycles. The highest BCUT2D eigenvalue weighted by atomic mass is 32.1. The minimum atomic E-state index is -0.814. The van der Waals surface area contributed by atoms with Gasteiger partial charge < -0.3 is 25.0 Å². The van der Waals surface area contributed by atoms with Crippen LogP contribution in [0.25, 0.3) is 0 Å². The molecule has 0 aromatic heterocycles. The molecule has 1 amide bonds. The Morgan fingerprint density at radius 3 is 2.64 bits per heavy atom. The lowest BCUT2D eigenvalue weighted by Crippen LogP contribution is -2.41. The number of amides is 1. The molecule has 0 bridgehead atoms. The van der Waals surface area contributed by atoms with Gasteiger partial charge in [0, 0.05) is 49.1 Å². The van der Waals surface area contributed by atoms with E-state index in [1.165, 1.54) is 0 Å². The fourth-order valence-electron chi connectivity index (χ4n) is 7.44. The smallest absolute Gasteiger partial charge is 0.310 e. The maximum absolute atomic E-state index is 13.7. The predicted octanol–water partition coefficient (Wildman–Crippen LogP) is 6.25. The number of unbranched alkanes of at least 4 members (excludes halogenated alkanes) is 3. The van der Waals surface area contributed by atoms with E-state index in [2.05, 4.69) is 29.8 Å². The number of ether oxygens (including phenoxy) is 2. The first-order valence-corrected chi connectivity index (χ1v) is 18.2. The van der Waals surface area contributed by atoms with Crippen LogP contribution in [-0.4, -0.2) is 58.7 Å². The van der Waals surface area contributed by atoms with Crippen molar-refractivity contribution in [3.63, 3.8) is 0 Å². The van der Waals surface area contributed by atoms with Crippen LogP contribution in [0.1, 0.15) is 108 Å². The second-order valence-electron chi connectivity index (χ2n) is 13.5. The quantitative estimate of drug-likeness (QED) is 0.0510. The SMILES string of the molecule is CC#CC[C@H](C)[C@@H](/C=C/[C@@H]1[C@H]2c3cccc(CCCC(=O)O)c3O[C@H]2C[C@H]1O)OC(=O)[C@H]1CCCC[C@H]1C(=O)NCCCCCCS. The third-order valence-corrected chi connectivity index (χ3v) is 10.4. The molecule has 0 unspecified atom stereocenters. The van der Waals surface area contributed by atoms with E-state index < -0.39 is 30.0 Å². The number of benzene rings is 1. The number of fused-ring (bicyclic) bond motifs is 3. The molecule has 47 heavy (non-hydrogen) atoms. The van der Waals surface area contributed by atoms with E-state index in [9.17, 15) is 19.5 Å². The highest BCUT2D eigenvalue weighted by molar-refractivity contribution is 7.80. The Morgan fingerprint density at radius 2 is 1.89 bits per heavy atom. The van der Waals surface area contributed by atoms with Gasteiger partial charge in [0.2, 0.25) is 5.91 Å². The van der Waals surface area contributed by atoms with E-state index in [1.54, 1.807) is 6.92 Å². The first kappa shape index (κ1) is 36.9. The van der Waals surface area contributed by atoms with Gasteiger partial charge in [-0.15, -0.1) is 11.8 Å². The number of carbonyl (C=O) groups is 3. The molecule has 3 N–H and O–H groups in total. The lowest BCUT2D eigenvalue weighted by molar-refractivity contribution is -0.159. The van der Waals surface area contributed by atoms with E-state index in [0.29, 0.717) is 45.1 Å². The largest absolute Gasteiger partial charge is 0.489 e. The Bertz CT molecular complexity index is 1300. The number of carboxylic acids is 1. The lowest BCUT2D eigenvalue weighted by Gasteiger charge is -2.31. The highest BCUT2D eigenvalue weighted by Crippen LogP contribution is 2.52. The molecular formula is C38H53NO7S. The standard InChI is InChI=1S/C38H53NO7S/c1-3-4-13-25(2)32(46-38(44)28-17-8-7-16-27(28)37(43)39-22-9-5-6-10-23-47)21-20-29-31(40)24-33-35(29)30-18-11-14-26(36(30)45-33)15-12-19-34(41)42/h11,14,18,20-21,25,27-29,31-33,35,40,47H,5-10,12-13,15-17,19,22-24H2,1-2H3,(H,39,43)(H,41,42)/b21-20+/t25-,27+,28-,29-,31+,32+,33-,35-/m0/s1. The highest BCUT2D eigenvalue weighted by Gasteiger charge is 2.49. The van der Waals surface area contributed by atoms with E-state index in [0.717, 1.165) is 61.2 Å². The molecule has 1 heterocycles. The third-order valence-electron chi connectivity index (χ3n) is 10.1. The Hall–Kier alpha value is -2.96. The summed E-state index contributed by atoms with van der Waals surface area (Å²) in [5.41, 5.74) is 2.03. The Kier molecular flexibility index (Phi) is 14.5. The Balaban J connectivity index is 1.46. The molecule has 8 atom stereocenters. The number of rotatable bonds is 17. The van der Waals surface area contributed by atoms with Gasteiger partial charge >= 0.3 is 11.9 Å². The van der Waals surface area contributed by atoms with Crippen molar-refractivity contribution in [2.24, 2.45) is 23.7 Å². The summed E-state index contributed by atoms with van der Waals surface area (Å²) in [6.07, 6.45) is 12.1. The topological polar surface area (TPSA) is 122 Å². The van der Waals surface area contributed by atoms with E-state index >= 15 is 0 Å². The molecule has 9 heteroatoms. The number of carbonyl (C=O) groups excluding carboxylic acids is 2. The summed E-state index contributed by atoms with van der Waals surface area (Å²) in [4.78, 5) is 38.0. The van der Waals surface area contributed by atoms with Crippen LogP contribution in [0.4, 0.5) is 0 Å². The molecule has 2 fully saturated rings. The number of esters is 1. The van der Waals surface area contributed by atoms with Crippen LogP contribution in [0.5, 0.6) is 5.75 Å². The van der Waals surface area contributed by atoms with Crippen LogP contribution in [0.2, 0.25) is 0 Å². The first-order valence-electron chi connectivity index (χ1n) is 17.6. The summed E-state index contributed by atoms with van der Waals surface area (Å²) in [5, 5.41) is 23.3. The van der Waals surface area contributed by atoms with E-state index in [4.69, 9.17) is 14.6 Å². The van der Waals surface area contributed by atoms with Gasteiger partial charge in [-0.1, -0.05) is 56.9 Å². The number of nitrogens with one attached hydrogen (secondary N) is 1. The summed E-state index contributed by atoms with van der Waals surface area (Å²) in [6.45, 7) is 4.42. The van der Waals surface area contributed by atoms with Crippen molar-refractivity contribution in [2.75, 3.05) is 12.3 Å². The van der Waals surface area contributed by atoms with Crippen molar-refractivity contribution in [1.29, 1.82) is 0 Å². The maximum atomic E-state index is 13.7. The number of aliphatic carboxylic acids is 1. The van der Waals surface area contributed by atoms with Gasteiger partial charge in [-0.05, 0) is 62.8 Å². The van der Waals surface area contributed by atoms with Crippen LogP contribution in [0.15, 0.2) is 30.4 Å². The van der Waals surface area contributed by atoms with Gasteiger partial charge in [0.15, 0.2) is 0 Å². The average Bonchev–Trinajstić information content (AvgIpc) is 3.57. The average molecular weight is 668 g/mol. The van der Waals surface area contributed by atoms with Gasteiger partial charge in [-0.2, -0.15) is 12.6 Å². The molecule has 0 radical (unpaired) electrons. The van der Waals surface area contributed by atoms with Crippen molar-refractivity contribution in [2.45, 2.75) is 122 Å². The second kappa shape index (κ2) is 18.5. The van der Waals surface area contributed by atoms with Gasteiger partial charge in [0.1, 0.15) is 18.0 Å². The third kappa shape index (κ3) is 10.0. The molecule has 1 aliphatic heterocycles. The zero-order valence-corrected chi connectivity index (χ0v) is 28.9. The minimum Gasteiger partial charge on any atom is -0.489 e. The van der Waals surface area contributed by atoms with E-state index in [1.807, 2.05) is 37.3 Å². The molecule has 1 aromatic rings. The van der Waals surface area contributed by atoms with Crippen LogP contribution < -0.4 is 10.1 Å². The summed E-state index contributed by atoms with van der Waals surface area (Å²) in [5.74, 6) is 5.29. The number of para-hydroxylation sites is 1. The van der Waals surface area contributed by atoms with Gasteiger partial charge in [-0.25, -0.2) is 0 Å². The Labute approximate surface area is 285 Å². The summed E-state index contributed by atoms with van der Waals surface area (Å²) >= 11 is 4.26. The molecule has 8 nitrogen and oxygen atoms in total. The van der Waals surface area contributed by atoms with Gasteiger partial charge in [-0.3, -0.25) is 14.4 Å². The number of thiol groups is 1. The molecule has 3 aliphatic rings. The molecule has 2 aliphatic carbocycles. The predicted molar refractivity (Wildman–Crippen MR) is 185 cm³/mol. The number of hydrogen-bond acceptors (Lipinski definition) is 7. The van der Waals surface area contributed by atoms with Crippen molar-refractivity contribution < 1.29 is 34.1 Å². The molecule has 0 spiro atoms. The van der Waals surface area contributed by atoms with Crippen molar-refractivity contribution in [1.82, 2.24) is 5.32 Å². The first-order chi connectivity index (χ1) is 22.7. The number of hydrogen-bond donors (Lipinski definition) is 4. The number of aliphatic hydroxyl groups is 1. The van der Waals surface area contributed by atoms with Crippen LogP contribution in [0.3, 0.4) is 0 Å². The Morgan fingerprint density at radius 1 is 1.13 bits per heavy atom. The minimum absolute atomic E-state index is 0.0536. The van der Waals surface area contributed by atoms with Crippen LogP contribution in [0, 0.1) is 35.5 Å². The van der Waals surface area contributed by atoms with Gasteiger partial charge in [0.25, 0.3) is 0 Å². The monoisotopic (exact) mass is 667 g/mol. The number of carboxylic acid groups (broad SMARTS) is 1. The lowest BCUT2D eigenvalue weighted by atomic mass is 9.78. The molecular weight excluding hydrogens is 614 g/mol. The van der Waals surface area contributed by atoms with Crippen LogP contribution >= 0.6 is 12.6 Å². The second-order valence-corrected chi connectivity index (χ2v) is 13.9. The zero-order valence-electron chi connectivity index (χ0n) is 28.0. The zero-order chi connectivity index (χ0) is 33.8. The summed E-state index contributed by atoms with van der Waals surface area (Å²) in [6, 6.07) is 5.99. The number of aliphatic hydroxyl groups excluding tert-OH is 1. The molecule has 258 valence electrons. The van der Waals surface area contributed by atoms with Crippen LogP contribution in [-0.2, 0) is 25.5 Å². The van der Waals surface area contributed by atoms with Gasteiger partial charge in [0.05, 0.1) is 17.9 Å². The summed E-state index contributed by atoms with van der Waals surface area (Å²) < 4.78 is 12.6. The normalized spacial score (nSPS) is 26.0. The fraction of sp³-hybridized carbons (Fsp3) is 0.658. The molecule has 1 aromatic carbocycles. The summed E-state index contributed by atoms with van der Waals surface area (Å²) in [7, 11) is 0. The molecule has 2 saturated carbocycles.